The molecule has 1 heterocycles. The quantitative estimate of drug-likeness (QED) is 0.693. The van der Waals surface area contributed by atoms with Crippen LogP contribution in [0.15, 0.2) is 12.2 Å². The van der Waals surface area contributed by atoms with E-state index in [-0.39, 0.29) is 0 Å². The summed E-state index contributed by atoms with van der Waals surface area (Å²) in [6.07, 6.45) is 1.26. The van der Waals surface area contributed by atoms with Crippen LogP contribution < -0.4 is 5.32 Å². The maximum atomic E-state index is 3.99. The average Bonchev–Trinajstić information content (AvgIpc) is 2.28. The molecule has 2 nitrogen and oxygen atoms in total. The fraction of sp³-hybridized carbons (Fsp3) is 0.833. The molecule has 0 bridgehead atoms. The third-order valence-corrected chi connectivity index (χ3v) is 2.81. The standard InChI is InChI=1S/C12H24N2/c1-10(2)8-14-7-5-6-13-12(9-14)11(3)4/h11-13H,1,5-9H2,2-4H3. The van der Waals surface area contributed by atoms with Crippen LogP contribution >= 0.6 is 0 Å². The molecule has 0 radical (unpaired) electrons. The Hall–Kier alpha value is -0.340. The first-order valence-corrected chi connectivity index (χ1v) is 5.69. The number of nitrogens with zero attached hydrogens (tertiary/aromatic N) is 1. The van der Waals surface area contributed by atoms with E-state index in [9.17, 15) is 0 Å². The summed E-state index contributed by atoms with van der Waals surface area (Å²) < 4.78 is 0. The van der Waals surface area contributed by atoms with Crippen LogP contribution in [0.25, 0.3) is 0 Å². The molecule has 0 aliphatic carbocycles. The van der Waals surface area contributed by atoms with Crippen LogP contribution in [0.1, 0.15) is 27.2 Å². The summed E-state index contributed by atoms with van der Waals surface area (Å²) in [5, 5.41) is 3.61. The highest BCUT2D eigenvalue weighted by atomic mass is 15.2. The lowest BCUT2D eigenvalue weighted by atomic mass is 10.0. The predicted molar refractivity (Wildman–Crippen MR) is 62.5 cm³/mol. The zero-order chi connectivity index (χ0) is 10.6. The van der Waals surface area contributed by atoms with Gasteiger partial charge in [-0.15, -0.1) is 0 Å². The molecule has 82 valence electrons. The molecule has 1 aliphatic rings. The van der Waals surface area contributed by atoms with E-state index in [0.717, 1.165) is 19.0 Å². The van der Waals surface area contributed by atoms with Gasteiger partial charge in [-0.3, -0.25) is 4.90 Å². The molecule has 1 rings (SSSR count). The molecule has 1 unspecified atom stereocenters. The molecule has 0 saturated carbocycles. The van der Waals surface area contributed by atoms with E-state index in [4.69, 9.17) is 0 Å². The van der Waals surface area contributed by atoms with Crippen molar-refractivity contribution in [1.82, 2.24) is 10.2 Å². The van der Waals surface area contributed by atoms with Crippen LogP contribution in [0.2, 0.25) is 0 Å². The van der Waals surface area contributed by atoms with Crippen LogP contribution in [0, 0.1) is 5.92 Å². The van der Waals surface area contributed by atoms with Crippen molar-refractivity contribution in [3.8, 4) is 0 Å². The molecule has 0 spiro atoms. The summed E-state index contributed by atoms with van der Waals surface area (Å²) in [4.78, 5) is 2.52. The van der Waals surface area contributed by atoms with E-state index < -0.39 is 0 Å². The largest absolute Gasteiger partial charge is 0.312 e. The predicted octanol–water partition coefficient (Wildman–Crippen LogP) is 1.88. The normalized spacial score (nSPS) is 25.0. The van der Waals surface area contributed by atoms with E-state index in [1.54, 1.807) is 0 Å². The van der Waals surface area contributed by atoms with Crippen molar-refractivity contribution in [2.45, 2.75) is 33.2 Å². The smallest absolute Gasteiger partial charge is 0.0218 e. The number of hydrogen-bond donors (Lipinski definition) is 1. The first-order valence-electron chi connectivity index (χ1n) is 5.69. The highest BCUT2D eigenvalue weighted by molar-refractivity contribution is 4.93. The van der Waals surface area contributed by atoms with E-state index in [1.165, 1.54) is 25.1 Å². The lowest BCUT2D eigenvalue weighted by molar-refractivity contribution is 0.263. The maximum absolute atomic E-state index is 3.99. The molecule has 1 saturated heterocycles. The summed E-state index contributed by atoms with van der Waals surface area (Å²) in [5.41, 5.74) is 1.27. The van der Waals surface area contributed by atoms with Crippen LogP contribution in [0.4, 0.5) is 0 Å². The van der Waals surface area contributed by atoms with Crippen molar-refractivity contribution in [2.24, 2.45) is 5.92 Å². The van der Waals surface area contributed by atoms with Gasteiger partial charge in [0.2, 0.25) is 0 Å². The Morgan fingerprint density at radius 3 is 2.86 bits per heavy atom. The van der Waals surface area contributed by atoms with Crippen LogP contribution in [-0.4, -0.2) is 37.1 Å². The molecular formula is C12H24N2. The van der Waals surface area contributed by atoms with Gasteiger partial charge < -0.3 is 5.32 Å². The van der Waals surface area contributed by atoms with Gasteiger partial charge in [0.05, 0.1) is 0 Å². The SMILES string of the molecule is C=C(C)CN1CCCNC(C(C)C)C1. The van der Waals surface area contributed by atoms with Crippen molar-refractivity contribution in [3.05, 3.63) is 12.2 Å². The van der Waals surface area contributed by atoms with Crippen molar-refractivity contribution in [1.29, 1.82) is 0 Å². The molecule has 0 aromatic rings. The second-order valence-corrected chi connectivity index (χ2v) is 4.85. The van der Waals surface area contributed by atoms with Crippen LogP contribution in [-0.2, 0) is 0 Å². The van der Waals surface area contributed by atoms with E-state index >= 15 is 0 Å². The summed E-state index contributed by atoms with van der Waals surface area (Å²) in [5.74, 6) is 0.723. The lowest BCUT2D eigenvalue weighted by Crippen LogP contribution is -2.41. The molecule has 1 fully saturated rings. The van der Waals surface area contributed by atoms with Gasteiger partial charge in [-0.05, 0) is 32.4 Å². The first-order chi connectivity index (χ1) is 6.59. The van der Waals surface area contributed by atoms with Gasteiger partial charge in [0.25, 0.3) is 0 Å². The molecule has 1 aliphatic heterocycles. The van der Waals surface area contributed by atoms with Gasteiger partial charge in [0, 0.05) is 19.1 Å². The minimum atomic E-state index is 0.650. The first kappa shape index (κ1) is 11.7. The fourth-order valence-electron chi connectivity index (χ4n) is 2.00. The molecule has 14 heavy (non-hydrogen) atoms. The van der Waals surface area contributed by atoms with Gasteiger partial charge in [0.1, 0.15) is 0 Å². The molecule has 1 atom stereocenters. The van der Waals surface area contributed by atoms with Crippen molar-refractivity contribution >= 4 is 0 Å². The molecule has 0 aromatic heterocycles. The van der Waals surface area contributed by atoms with Crippen LogP contribution in [0.3, 0.4) is 0 Å². The highest BCUT2D eigenvalue weighted by Gasteiger charge is 2.19. The molecule has 0 amide bonds. The summed E-state index contributed by atoms with van der Waals surface area (Å²) in [7, 11) is 0. The minimum Gasteiger partial charge on any atom is -0.312 e. The molecule has 2 heteroatoms. The van der Waals surface area contributed by atoms with Crippen molar-refractivity contribution in [2.75, 3.05) is 26.2 Å². The zero-order valence-corrected chi connectivity index (χ0v) is 9.84. The Morgan fingerprint density at radius 1 is 1.57 bits per heavy atom. The molecular weight excluding hydrogens is 172 g/mol. The average molecular weight is 196 g/mol. The third-order valence-electron chi connectivity index (χ3n) is 2.81. The highest BCUT2D eigenvalue weighted by Crippen LogP contribution is 2.09. The van der Waals surface area contributed by atoms with Gasteiger partial charge in [-0.1, -0.05) is 26.0 Å². The minimum absolute atomic E-state index is 0.650. The Morgan fingerprint density at radius 2 is 2.29 bits per heavy atom. The van der Waals surface area contributed by atoms with E-state index in [2.05, 4.69) is 37.6 Å². The summed E-state index contributed by atoms with van der Waals surface area (Å²) >= 11 is 0. The summed E-state index contributed by atoms with van der Waals surface area (Å²) in [6.45, 7) is 15.3. The monoisotopic (exact) mass is 196 g/mol. The second kappa shape index (κ2) is 5.52. The van der Waals surface area contributed by atoms with Crippen molar-refractivity contribution in [3.63, 3.8) is 0 Å². The second-order valence-electron chi connectivity index (χ2n) is 4.85. The summed E-state index contributed by atoms with van der Waals surface area (Å²) in [6, 6.07) is 0.650. The van der Waals surface area contributed by atoms with E-state index in [0.29, 0.717) is 6.04 Å². The third kappa shape index (κ3) is 3.81. The Kier molecular flexibility index (Phi) is 4.63. The number of nitrogens with one attached hydrogen (secondary N) is 1. The van der Waals surface area contributed by atoms with Crippen molar-refractivity contribution < 1.29 is 0 Å². The molecule has 1 N–H and O–H groups in total. The van der Waals surface area contributed by atoms with Gasteiger partial charge in [0.15, 0.2) is 0 Å². The van der Waals surface area contributed by atoms with Gasteiger partial charge in [-0.25, -0.2) is 0 Å². The zero-order valence-electron chi connectivity index (χ0n) is 9.84. The van der Waals surface area contributed by atoms with Crippen LogP contribution in [0.5, 0.6) is 0 Å². The number of hydrogen-bond acceptors (Lipinski definition) is 2. The number of rotatable bonds is 3. The topological polar surface area (TPSA) is 15.3 Å². The Balaban J connectivity index is 2.46. The fourth-order valence-corrected chi connectivity index (χ4v) is 2.00. The van der Waals surface area contributed by atoms with E-state index in [1.807, 2.05) is 0 Å². The lowest BCUT2D eigenvalue weighted by Gasteiger charge is -2.26. The van der Waals surface area contributed by atoms with Gasteiger partial charge in [-0.2, -0.15) is 0 Å². The Labute approximate surface area is 88.4 Å². The van der Waals surface area contributed by atoms with Gasteiger partial charge >= 0.3 is 0 Å². The maximum Gasteiger partial charge on any atom is 0.0218 e. The Bertz CT molecular complexity index is 187. The molecule has 0 aromatic carbocycles.